The molecule has 0 atom stereocenters. The van der Waals surface area contributed by atoms with E-state index in [9.17, 15) is 19.7 Å². The topological polar surface area (TPSA) is 97.5 Å². The number of nitro benzene ring substituents is 1. The molecule has 0 bridgehead atoms. The highest BCUT2D eigenvalue weighted by molar-refractivity contribution is 7.80. The van der Waals surface area contributed by atoms with E-state index in [-0.39, 0.29) is 16.4 Å². The zero-order valence-corrected chi connectivity index (χ0v) is 20.8. The van der Waals surface area contributed by atoms with Gasteiger partial charge in [-0.05, 0) is 93.4 Å². The van der Waals surface area contributed by atoms with E-state index in [2.05, 4.69) is 5.32 Å². The van der Waals surface area contributed by atoms with E-state index in [0.29, 0.717) is 11.3 Å². The molecular weight excluding hydrogens is 464 g/mol. The number of nitrogens with one attached hydrogen (secondary N) is 1. The normalized spacial score (nSPS) is 15.1. The summed E-state index contributed by atoms with van der Waals surface area (Å²) in [5.41, 5.74) is 6.36. The van der Waals surface area contributed by atoms with E-state index >= 15 is 0 Å². The zero-order valence-electron chi connectivity index (χ0n) is 20.0. The van der Waals surface area contributed by atoms with Crippen molar-refractivity contribution in [2.24, 2.45) is 0 Å². The Bertz CT molecular complexity index is 1470. The Labute approximate surface area is 208 Å². The molecule has 1 aliphatic heterocycles. The summed E-state index contributed by atoms with van der Waals surface area (Å²) < 4.78 is 1.95. The Morgan fingerprint density at radius 3 is 2.34 bits per heavy atom. The number of hydrogen-bond acceptors (Lipinski definition) is 5. The molecule has 2 heterocycles. The van der Waals surface area contributed by atoms with E-state index in [4.69, 9.17) is 12.2 Å². The summed E-state index contributed by atoms with van der Waals surface area (Å²) >= 11 is 5.34. The molecule has 4 rings (SSSR count). The van der Waals surface area contributed by atoms with E-state index < -0.39 is 16.7 Å². The molecule has 0 spiro atoms. The van der Waals surface area contributed by atoms with Crippen LogP contribution in [0.4, 0.5) is 11.4 Å². The van der Waals surface area contributed by atoms with Gasteiger partial charge in [0.25, 0.3) is 17.5 Å². The molecule has 1 saturated heterocycles. The summed E-state index contributed by atoms with van der Waals surface area (Å²) in [7, 11) is 0. The number of aromatic nitrogens is 1. The molecule has 1 N–H and O–H groups in total. The van der Waals surface area contributed by atoms with Gasteiger partial charge in [-0.3, -0.25) is 29.9 Å². The number of non-ortho nitro benzene ring substituents is 1. The van der Waals surface area contributed by atoms with Crippen LogP contribution in [0.2, 0.25) is 0 Å². The van der Waals surface area contributed by atoms with Gasteiger partial charge in [-0.1, -0.05) is 12.1 Å². The number of carbonyl (C=O) groups excluding carboxylic acids is 2. The minimum Gasteiger partial charge on any atom is -0.318 e. The highest BCUT2D eigenvalue weighted by Crippen LogP contribution is 2.30. The third-order valence-electron chi connectivity index (χ3n) is 6.32. The number of nitro groups is 1. The number of thiocarbonyl (C=S) groups is 1. The fraction of sp³-hybridized carbons (Fsp3) is 0.192. The summed E-state index contributed by atoms with van der Waals surface area (Å²) in [6.07, 6.45) is 1.57. The third kappa shape index (κ3) is 4.15. The molecule has 1 fully saturated rings. The third-order valence-corrected chi connectivity index (χ3v) is 6.61. The minimum absolute atomic E-state index is 0.0167. The van der Waals surface area contributed by atoms with Crippen molar-refractivity contribution in [2.75, 3.05) is 4.90 Å². The van der Waals surface area contributed by atoms with Crippen molar-refractivity contribution >= 4 is 46.6 Å². The number of nitrogens with zero attached hydrogens (tertiary/aromatic N) is 3. The number of amides is 2. The molecule has 1 aromatic heterocycles. The van der Waals surface area contributed by atoms with Crippen LogP contribution in [0.15, 0.2) is 48.0 Å². The van der Waals surface area contributed by atoms with Crippen molar-refractivity contribution in [3.63, 3.8) is 0 Å². The van der Waals surface area contributed by atoms with E-state index in [1.807, 2.05) is 50.5 Å². The maximum atomic E-state index is 13.5. The number of benzene rings is 2. The maximum Gasteiger partial charge on any atom is 0.270 e. The first kappa shape index (κ1) is 24.0. The molecule has 0 radical (unpaired) electrons. The van der Waals surface area contributed by atoms with E-state index in [1.54, 1.807) is 25.1 Å². The van der Waals surface area contributed by atoms with Gasteiger partial charge < -0.3 is 4.57 Å². The Balaban J connectivity index is 1.79. The average molecular weight is 489 g/mol. The summed E-state index contributed by atoms with van der Waals surface area (Å²) in [6, 6.07) is 12.1. The monoisotopic (exact) mass is 488 g/mol. The second-order valence-corrected chi connectivity index (χ2v) is 8.95. The molecule has 0 saturated carbocycles. The number of rotatable bonds is 4. The molecule has 9 heteroatoms. The Morgan fingerprint density at radius 2 is 1.69 bits per heavy atom. The lowest BCUT2D eigenvalue weighted by Crippen LogP contribution is -2.54. The highest BCUT2D eigenvalue weighted by Gasteiger charge is 2.35. The lowest BCUT2D eigenvalue weighted by Gasteiger charge is -2.30. The number of aryl methyl sites for hydroxylation is 3. The summed E-state index contributed by atoms with van der Waals surface area (Å²) in [6.45, 7) is 9.43. The maximum absolute atomic E-state index is 13.5. The van der Waals surface area contributed by atoms with Gasteiger partial charge in [0.1, 0.15) is 5.57 Å². The van der Waals surface area contributed by atoms with Crippen LogP contribution in [0.5, 0.6) is 0 Å². The van der Waals surface area contributed by atoms with Crippen molar-refractivity contribution in [2.45, 2.75) is 34.6 Å². The number of hydrogen-bond donors (Lipinski definition) is 1. The Morgan fingerprint density at radius 1 is 0.971 bits per heavy atom. The standard InChI is InChI=1S/C26H24N4O4S/c1-14-7-6-8-23(17(14)4)29-25(32)21(24(31)27-26(29)35)13-19-12-16(3)28(18(19)5)22-10-9-20(30(33)34)11-15(22)2/h6-13H,1-5H3,(H,27,31,35)/b21-13+. The predicted molar refractivity (Wildman–Crippen MR) is 139 cm³/mol. The van der Waals surface area contributed by atoms with Gasteiger partial charge in [-0.25, -0.2) is 0 Å². The lowest BCUT2D eigenvalue weighted by molar-refractivity contribution is -0.384. The van der Waals surface area contributed by atoms with Crippen LogP contribution in [0.3, 0.4) is 0 Å². The molecule has 35 heavy (non-hydrogen) atoms. The van der Waals surface area contributed by atoms with Gasteiger partial charge in [0.15, 0.2) is 5.11 Å². The Hall–Kier alpha value is -4.11. The molecule has 0 aliphatic carbocycles. The minimum atomic E-state index is -0.558. The molecule has 178 valence electrons. The predicted octanol–water partition coefficient (Wildman–Crippen LogP) is 4.76. The van der Waals surface area contributed by atoms with Gasteiger partial charge in [0.05, 0.1) is 10.6 Å². The molecule has 3 aromatic rings. The van der Waals surface area contributed by atoms with Gasteiger partial charge in [0, 0.05) is 29.2 Å². The first-order valence-electron chi connectivity index (χ1n) is 10.9. The van der Waals surface area contributed by atoms with Crippen LogP contribution < -0.4 is 10.2 Å². The Kier molecular flexibility index (Phi) is 6.12. The van der Waals surface area contributed by atoms with Crippen molar-refractivity contribution in [3.8, 4) is 5.69 Å². The molecule has 1 aliphatic rings. The van der Waals surface area contributed by atoms with Crippen molar-refractivity contribution in [1.82, 2.24) is 9.88 Å². The molecular formula is C26H24N4O4S. The van der Waals surface area contributed by atoms with Gasteiger partial charge in [0.2, 0.25) is 0 Å². The van der Waals surface area contributed by atoms with Crippen LogP contribution >= 0.6 is 12.2 Å². The second-order valence-electron chi connectivity index (χ2n) is 8.57. The number of anilines is 1. The quantitative estimate of drug-likeness (QED) is 0.188. The van der Waals surface area contributed by atoms with Gasteiger partial charge in [-0.2, -0.15) is 0 Å². The van der Waals surface area contributed by atoms with Crippen LogP contribution in [0.25, 0.3) is 11.8 Å². The molecule has 2 aromatic carbocycles. The van der Waals surface area contributed by atoms with Crippen LogP contribution in [0.1, 0.15) is 33.6 Å². The molecule has 0 unspecified atom stereocenters. The summed E-state index contributed by atoms with van der Waals surface area (Å²) in [4.78, 5) is 38.3. The summed E-state index contributed by atoms with van der Waals surface area (Å²) in [5, 5.41) is 13.8. The second kappa shape index (κ2) is 8.92. The van der Waals surface area contributed by atoms with Crippen LogP contribution in [-0.2, 0) is 9.59 Å². The van der Waals surface area contributed by atoms with E-state index in [0.717, 1.165) is 33.8 Å². The van der Waals surface area contributed by atoms with Crippen molar-refractivity contribution in [3.05, 3.63) is 91.8 Å². The van der Waals surface area contributed by atoms with E-state index in [1.165, 1.54) is 17.0 Å². The first-order chi connectivity index (χ1) is 16.5. The van der Waals surface area contributed by atoms with Crippen molar-refractivity contribution in [1.29, 1.82) is 0 Å². The molecule has 2 amide bonds. The van der Waals surface area contributed by atoms with Gasteiger partial charge in [-0.15, -0.1) is 0 Å². The molecule has 8 nitrogen and oxygen atoms in total. The first-order valence-corrected chi connectivity index (χ1v) is 11.3. The SMILES string of the molecule is Cc1cc([N+](=O)[O-])ccc1-n1c(C)cc(/C=C2\C(=O)NC(=S)N(c3cccc(C)c3C)C2=O)c1C. The highest BCUT2D eigenvalue weighted by atomic mass is 32.1. The fourth-order valence-corrected chi connectivity index (χ4v) is 4.59. The van der Waals surface area contributed by atoms with Crippen LogP contribution in [0, 0.1) is 44.7 Å². The number of carbonyl (C=O) groups is 2. The zero-order chi connectivity index (χ0) is 25.6. The largest absolute Gasteiger partial charge is 0.318 e. The lowest BCUT2D eigenvalue weighted by atomic mass is 10.0. The van der Waals surface area contributed by atoms with Gasteiger partial charge >= 0.3 is 0 Å². The van der Waals surface area contributed by atoms with Crippen molar-refractivity contribution < 1.29 is 14.5 Å². The fourth-order valence-electron chi connectivity index (χ4n) is 4.32. The average Bonchev–Trinajstić information content (AvgIpc) is 3.06. The summed E-state index contributed by atoms with van der Waals surface area (Å²) in [5.74, 6) is -1.05. The van der Waals surface area contributed by atoms with Crippen LogP contribution in [-0.4, -0.2) is 26.4 Å². The smallest absolute Gasteiger partial charge is 0.270 e.